The Kier molecular flexibility index (Phi) is 4.99. The van der Waals surface area contributed by atoms with Gasteiger partial charge in [-0.2, -0.15) is 0 Å². The summed E-state index contributed by atoms with van der Waals surface area (Å²) in [5.74, 6) is 0.203. The molecule has 0 bridgehead atoms. The van der Waals surface area contributed by atoms with Gasteiger partial charge in [0.1, 0.15) is 5.75 Å². The van der Waals surface area contributed by atoms with Crippen molar-refractivity contribution in [3.8, 4) is 11.4 Å². The van der Waals surface area contributed by atoms with E-state index in [2.05, 4.69) is 0 Å². The van der Waals surface area contributed by atoms with Gasteiger partial charge in [-0.05, 0) is 51.1 Å². The number of esters is 1. The number of benzene rings is 1. The molecule has 0 aliphatic rings. The lowest BCUT2D eigenvalue weighted by Gasteiger charge is -2.11. The predicted octanol–water partition coefficient (Wildman–Crippen LogP) is 2.85. The minimum Gasteiger partial charge on any atom is -0.482 e. The van der Waals surface area contributed by atoms with E-state index in [0.717, 1.165) is 23.4 Å². The van der Waals surface area contributed by atoms with E-state index in [9.17, 15) is 9.59 Å². The van der Waals surface area contributed by atoms with Crippen LogP contribution in [0.15, 0.2) is 30.3 Å². The maximum atomic E-state index is 11.2. The molecule has 0 aliphatic heterocycles. The Morgan fingerprint density at radius 3 is 2.45 bits per heavy atom. The van der Waals surface area contributed by atoms with Crippen LogP contribution < -0.4 is 4.74 Å². The Bertz CT molecular complexity index is 671. The molecular formula is C17H19NO4. The number of carbonyl (C=O) groups is 2. The molecule has 2 aromatic rings. The third-order valence-corrected chi connectivity index (χ3v) is 3.35. The fraction of sp³-hybridized carbons (Fsp3) is 0.294. The Balaban J connectivity index is 2.14. The first-order valence-corrected chi connectivity index (χ1v) is 7.09. The Labute approximate surface area is 129 Å². The maximum absolute atomic E-state index is 11.2. The average molecular weight is 301 g/mol. The minimum atomic E-state index is -0.390. The smallest absolute Gasteiger partial charge is 0.344 e. The van der Waals surface area contributed by atoms with Crippen molar-refractivity contribution in [2.24, 2.45) is 0 Å². The standard InChI is InChI=1S/C17H19NO4/c1-4-21-17(20)11-22-16-7-5-15(6-8-16)18-12(2)9-14(10-19)13(18)3/h5-10H,4,11H2,1-3H3. The van der Waals surface area contributed by atoms with Gasteiger partial charge in [0.2, 0.25) is 0 Å². The highest BCUT2D eigenvalue weighted by Gasteiger charge is 2.10. The van der Waals surface area contributed by atoms with Crippen molar-refractivity contribution >= 4 is 12.3 Å². The Morgan fingerprint density at radius 2 is 1.91 bits per heavy atom. The topological polar surface area (TPSA) is 57.5 Å². The van der Waals surface area contributed by atoms with Gasteiger partial charge in [0.25, 0.3) is 0 Å². The van der Waals surface area contributed by atoms with Crippen LogP contribution in [-0.4, -0.2) is 30.0 Å². The second-order valence-electron chi connectivity index (χ2n) is 4.87. The van der Waals surface area contributed by atoms with Gasteiger partial charge in [-0.3, -0.25) is 4.79 Å². The second kappa shape index (κ2) is 6.93. The van der Waals surface area contributed by atoms with Crippen molar-refractivity contribution in [2.45, 2.75) is 20.8 Å². The van der Waals surface area contributed by atoms with Crippen molar-refractivity contribution in [3.05, 3.63) is 47.3 Å². The molecule has 22 heavy (non-hydrogen) atoms. The van der Waals surface area contributed by atoms with Gasteiger partial charge in [0, 0.05) is 22.6 Å². The van der Waals surface area contributed by atoms with Crippen LogP contribution in [0.3, 0.4) is 0 Å². The number of aryl methyl sites for hydroxylation is 1. The van der Waals surface area contributed by atoms with E-state index in [-0.39, 0.29) is 12.6 Å². The minimum absolute atomic E-state index is 0.107. The Morgan fingerprint density at radius 1 is 1.23 bits per heavy atom. The number of aromatic nitrogens is 1. The first-order valence-electron chi connectivity index (χ1n) is 7.09. The van der Waals surface area contributed by atoms with Gasteiger partial charge < -0.3 is 14.0 Å². The van der Waals surface area contributed by atoms with Crippen LogP contribution >= 0.6 is 0 Å². The summed E-state index contributed by atoms with van der Waals surface area (Å²) in [7, 11) is 0. The first kappa shape index (κ1) is 15.8. The van der Waals surface area contributed by atoms with Crippen molar-refractivity contribution in [1.29, 1.82) is 0 Å². The van der Waals surface area contributed by atoms with Crippen LogP contribution in [0.25, 0.3) is 5.69 Å². The lowest BCUT2D eigenvalue weighted by Crippen LogP contribution is -2.14. The normalized spacial score (nSPS) is 10.3. The molecule has 2 rings (SSSR count). The molecule has 1 aromatic heterocycles. The summed E-state index contributed by atoms with van der Waals surface area (Å²) in [6.07, 6.45) is 0.857. The lowest BCUT2D eigenvalue weighted by molar-refractivity contribution is -0.145. The molecule has 0 spiro atoms. The summed E-state index contributed by atoms with van der Waals surface area (Å²) >= 11 is 0. The van der Waals surface area contributed by atoms with Crippen LogP contribution in [0.2, 0.25) is 0 Å². The van der Waals surface area contributed by atoms with E-state index < -0.39 is 0 Å². The molecule has 0 saturated carbocycles. The summed E-state index contributed by atoms with van der Waals surface area (Å²) in [6.45, 7) is 5.84. The molecule has 1 heterocycles. The van der Waals surface area contributed by atoms with Crippen LogP contribution in [-0.2, 0) is 9.53 Å². The van der Waals surface area contributed by atoms with Gasteiger partial charge in [-0.25, -0.2) is 4.79 Å². The zero-order valence-corrected chi connectivity index (χ0v) is 13.0. The van der Waals surface area contributed by atoms with Crippen molar-refractivity contribution < 1.29 is 19.1 Å². The molecule has 5 nitrogen and oxygen atoms in total. The Hall–Kier alpha value is -2.56. The summed E-state index contributed by atoms with van der Waals surface area (Å²) in [6, 6.07) is 9.19. The van der Waals surface area contributed by atoms with Crippen molar-refractivity contribution in [2.75, 3.05) is 13.2 Å². The molecule has 0 fully saturated rings. The van der Waals surface area contributed by atoms with Crippen LogP contribution in [0.1, 0.15) is 28.7 Å². The van der Waals surface area contributed by atoms with E-state index in [1.165, 1.54) is 0 Å². The van der Waals surface area contributed by atoms with Crippen LogP contribution in [0.5, 0.6) is 5.75 Å². The van der Waals surface area contributed by atoms with Gasteiger partial charge in [-0.15, -0.1) is 0 Å². The maximum Gasteiger partial charge on any atom is 0.344 e. The largest absolute Gasteiger partial charge is 0.482 e. The summed E-state index contributed by atoms with van der Waals surface area (Å²) in [5, 5.41) is 0. The molecular weight excluding hydrogens is 282 g/mol. The first-order chi connectivity index (χ1) is 10.6. The van der Waals surface area contributed by atoms with E-state index in [0.29, 0.717) is 17.9 Å². The summed E-state index contributed by atoms with van der Waals surface area (Å²) < 4.78 is 12.2. The quantitative estimate of drug-likeness (QED) is 0.608. The molecule has 5 heteroatoms. The second-order valence-corrected chi connectivity index (χ2v) is 4.87. The lowest BCUT2D eigenvalue weighted by atomic mass is 10.2. The molecule has 116 valence electrons. The van der Waals surface area contributed by atoms with Crippen LogP contribution in [0.4, 0.5) is 0 Å². The van der Waals surface area contributed by atoms with Gasteiger partial charge in [0.05, 0.1) is 6.61 Å². The molecule has 0 radical (unpaired) electrons. The zero-order chi connectivity index (χ0) is 16.1. The fourth-order valence-corrected chi connectivity index (χ4v) is 2.34. The number of hydrogen-bond acceptors (Lipinski definition) is 4. The van der Waals surface area contributed by atoms with E-state index >= 15 is 0 Å². The molecule has 1 aromatic carbocycles. The third-order valence-electron chi connectivity index (χ3n) is 3.35. The number of aldehydes is 1. The zero-order valence-electron chi connectivity index (χ0n) is 13.0. The number of rotatable bonds is 6. The monoisotopic (exact) mass is 301 g/mol. The third kappa shape index (κ3) is 3.36. The van der Waals surface area contributed by atoms with Crippen molar-refractivity contribution in [3.63, 3.8) is 0 Å². The van der Waals surface area contributed by atoms with Gasteiger partial charge in [-0.1, -0.05) is 0 Å². The van der Waals surface area contributed by atoms with E-state index in [1.54, 1.807) is 19.1 Å². The molecule has 0 N–H and O–H groups in total. The van der Waals surface area contributed by atoms with Gasteiger partial charge in [0.15, 0.2) is 12.9 Å². The predicted molar refractivity (Wildman–Crippen MR) is 82.8 cm³/mol. The fourth-order valence-electron chi connectivity index (χ4n) is 2.34. The molecule has 0 saturated heterocycles. The molecule has 0 aliphatic carbocycles. The number of nitrogens with zero attached hydrogens (tertiary/aromatic N) is 1. The van der Waals surface area contributed by atoms with E-state index in [4.69, 9.17) is 9.47 Å². The highest BCUT2D eigenvalue weighted by atomic mass is 16.6. The highest BCUT2D eigenvalue weighted by molar-refractivity contribution is 5.77. The summed E-state index contributed by atoms with van der Waals surface area (Å²) in [4.78, 5) is 22.2. The van der Waals surface area contributed by atoms with Crippen molar-refractivity contribution in [1.82, 2.24) is 4.57 Å². The number of ether oxygens (including phenoxy) is 2. The van der Waals surface area contributed by atoms with Crippen LogP contribution in [0, 0.1) is 13.8 Å². The molecule has 0 amide bonds. The number of hydrogen-bond donors (Lipinski definition) is 0. The number of carbonyl (C=O) groups excluding carboxylic acids is 2. The molecule has 0 unspecified atom stereocenters. The SMILES string of the molecule is CCOC(=O)COc1ccc(-n2c(C)cc(C=O)c2C)cc1. The summed E-state index contributed by atoms with van der Waals surface area (Å²) in [5.41, 5.74) is 3.50. The van der Waals surface area contributed by atoms with Gasteiger partial charge >= 0.3 is 5.97 Å². The highest BCUT2D eigenvalue weighted by Crippen LogP contribution is 2.22. The van der Waals surface area contributed by atoms with E-state index in [1.807, 2.05) is 36.6 Å². The average Bonchev–Trinajstić information content (AvgIpc) is 2.80. The molecule has 0 atom stereocenters.